The Balaban J connectivity index is 1.96. The number of thioether (sulfide) groups is 1. The quantitative estimate of drug-likeness (QED) is 0.521. The summed E-state index contributed by atoms with van der Waals surface area (Å²) >= 11 is 2.99. The molecule has 0 fully saturated rings. The monoisotopic (exact) mass is 423 g/mol. The highest BCUT2D eigenvalue weighted by atomic mass is 32.2. The molecule has 1 aliphatic carbocycles. The van der Waals surface area contributed by atoms with Crippen molar-refractivity contribution in [2.24, 2.45) is 5.92 Å². The summed E-state index contributed by atoms with van der Waals surface area (Å²) in [5.41, 5.74) is 1.19. The van der Waals surface area contributed by atoms with Gasteiger partial charge in [0.15, 0.2) is 5.16 Å². The third-order valence-corrected chi connectivity index (χ3v) is 7.17. The van der Waals surface area contributed by atoms with Crippen LogP contribution in [0.4, 0.5) is 0 Å². The molecule has 0 radical (unpaired) electrons. The first-order chi connectivity index (χ1) is 13.4. The standard InChI is InChI=1S/C20H29N3O3S2/c1-12(2)11-21-17(24)13(3)27-20-22-18-16(19(25)23(20)9-10-26-4)14-7-5-6-8-15(14)28-18/h12-13H,5-11H2,1-4H3,(H,21,24). The van der Waals surface area contributed by atoms with Gasteiger partial charge in [-0.05, 0) is 44.1 Å². The molecule has 1 N–H and O–H groups in total. The molecule has 1 atom stereocenters. The zero-order valence-electron chi connectivity index (χ0n) is 17.0. The molecule has 28 heavy (non-hydrogen) atoms. The van der Waals surface area contributed by atoms with Crippen molar-refractivity contribution < 1.29 is 9.53 Å². The van der Waals surface area contributed by atoms with E-state index >= 15 is 0 Å². The number of aryl methyl sites for hydroxylation is 2. The van der Waals surface area contributed by atoms with Crippen LogP contribution in [0.3, 0.4) is 0 Å². The van der Waals surface area contributed by atoms with E-state index in [0.717, 1.165) is 29.5 Å². The van der Waals surface area contributed by atoms with Gasteiger partial charge in [-0.1, -0.05) is 25.6 Å². The van der Waals surface area contributed by atoms with Gasteiger partial charge in [-0.3, -0.25) is 14.2 Å². The lowest BCUT2D eigenvalue weighted by Crippen LogP contribution is -2.34. The van der Waals surface area contributed by atoms with Crippen LogP contribution in [0.1, 0.15) is 44.1 Å². The van der Waals surface area contributed by atoms with Gasteiger partial charge in [0.05, 0.1) is 23.8 Å². The summed E-state index contributed by atoms with van der Waals surface area (Å²) in [6.07, 6.45) is 4.29. The van der Waals surface area contributed by atoms with Crippen LogP contribution in [-0.2, 0) is 28.9 Å². The fourth-order valence-electron chi connectivity index (χ4n) is 3.35. The van der Waals surface area contributed by atoms with Crippen LogP contribution >= 0.6 is 23.1 Å². The van der Waals surface area contributed by atoms with Gasteiger partial charge < -0.3 is 10.1 Å². The molecule has 0 saturated heterocycles. The zero-order chi connectivity index (χ0) is 20.3. The van der Waals surface area contributed by atoms with Crippen LogP contribution < -0.4 is 10.9 Å². The molecule has 2 aromatic heterocycles. The topological polar surface area (TPSA) is 73.2 Å². The average Bonchev–Trinajstić information content (AvgIpc) is 3.04. The summed E-state index contributed by atoms with van der Waals surface area (Å²) in [6.45, 7) is 7.50. The Bertz CT molecular complexity index is 904. The maximum atomic E-state index is 13.3. The number of hydrogen-bond donors (Lipinski definition) is 1. The van der Waals surface area contributed by atoms with Crippen LogP contribution in [0.25, 0.3) is 10.2 Å². The highest BCUT2D eigenvalue weighted by Crippen LogP contribution is 2.35. The summed E-state index contributed by atoms with van der Waals surface area (Å²) < 4.78 is 6.89. The Labute approximate surface area is 174 Å². The average molecular weight is 424 g/mol. The first kappa shape index (κ1) is 21.3. The highest BCUT2D eigenvalue weighted by Gasteiger charge is 2.24. The molecule has 0 spiro atoms. The third kappa shape index (κ3) is 4.60. The molecule has 0 aromatic carbocycles. The predicted molar refractivity (Wildman–Crippen MR) is 116 cm³/mol. The van der Waals surface area contributed by atoms with E-state index in [2.05, 4.69) is 19.2 Å². The van der Waals surface area contributed by atoms with E-state index in [-0.39, 0.29) is 16.7 Å². The summed E-state index contributed by atoms with van der Waals surface area (Å²) in [4.78, 5) is 32.7. The summed E-state index contributed by atoms with van der Waals surface area (Å²) in [5, 5.41) is 4.00. The second-order valence-corrected chi connectivity index (χ2v) is 10.0. The number of fused-ring (bicyclic) bond motifs is 3. The van der Waals surface area contributed by atoms with Crippen molar-refractivity contribution in [3.05, 3.63) is 20.8 Å². The number of nitrogens with zero attached hydrogens (tertiary/aromatic N) is 2. The number of carbonyl (C=O) groups is 1. The van der Waals surface area contributed by atoms with Gasteiger partial charge in [-0.25, -0.2) is 4.98 Å². The largest absolute Gasteiger partial charge is 0.383 e. The van der Waals surface area contributed by atoms with Crippen LogP contribution in [0, 0.1) is 5.92 Å². The Morgan fingerprint density at radius 1 is 1.32 bits per heavy atom. The van der Waals surface area contributed by atoms with Gasteiger partial charge in [0, 0.05) is 18.5 Å². The van der Waals surface area contributed by atoms with Gasteiger partial charge >= 0.3 is 0 Å². The van der Waals surface area contributed by atoms with Gasteiger partial charge in [-0.15, -0.1) is 11.3 Å². The lowest BCUT2D eigenvalue weighted by Gasteiger charge is -2.16. The molecular weight excluding hydrogens is 394 g/mol. The van der Waals surface area contributed by atoms with E-state index < -0.39 is 0 Å². The summed E-state index contributed by atoms with van der Waals surface area (Å²) in [6, 6.07) is 0. The molecule has 1 amide bonds. The Hall–Kier alpha value is -1.38. The van der Waals surface area contributed by atoms with Crippen molar-refractivity contribution in [1.82, 2.24) is 14.9 Å². The number of amides is 1. The minimum Gasteiger partial charge on any atom is -0.383 e. The smallest absolute Gasteiger partial charge is 0.263 e. The van der Waals surface area contributed by atoms with Crippen molar-refractivity contribution >= 4 is 39.2 Å². The molecule has 0 saturated carbocycles. The number of hydrogen-bond acceptors (Lipinski definition) is 6. The molecule has 3 rings (SSSR count). The minimum atomic E-state index is -0.327. The first-order valence-corrected chi connectivity index (χ1v) is 11.6. The molecule has 2 aromatic rings. The zero-order valence-corrected chi connectivity index (χ0v) is 18.7. The molecule has 154 valence electrons. The predicted octanol–water partition coefficient (Wildman–Crippen LogP) is 3.24. The van der Waals surface area contributed by atoms with E-state index in [1.54, 1.807) is 23.0 Å². The first-order valence-electron chi connectivity index (χ1n) is 9.90. The number of carbonyl (C=O) groups excluding carboxylic acids is 1. The van der Waals surface area contributed by atoms with E-state index in [9.17, 15) is 9.59 Å². The molecule has 0 aliphatic heterocycles. The van der Waals surface area contributed by atoms with Crippen LogP contribution in [0.5, 0.6) is 0 Å². The Morgan fingerprint density at radius 3 is 2.79 bits per heavy atom. The number of thiophene rings is 1. The number of nitrogens with one attached hydrogen (secondary N) is 1. The van der Waals surface area contributed by atoms with E-state index in [1.165, 1.54) is 28.6 Å². The molecule has 6 nitrogen and oxygen atoms in total. The fraction of sp³-hybridized carbons (Fsp3) is 0.650. The number of methoxy groups -OCH3 is 1. The summed E-state index contributed by atoms with van der Waals surface area (Å²) in [7, 11) is 1.62. The van der Waals surface area contributed by atoms with Crippen molar-refractivity contribution in [1.29, 1.82) is 0 Å². The second kappa shape index (κ2) is 9.41. The second-order valence-electron chi connectivity index (χ2n) is 7.63. The summed E-state index contributed by atoms with van der Waals surface area (Å²) in [5.74, 6) is 0.366. The van der Waals surface area contributed by atoms with E-state index in [4.69, 9.17) is 9.72 Å². The van der Waals surface area contributed by atoms with Gasteiger partial charge in [0.1, 0.15) is 4.83 Å². The van der Waals surface area contributed by atoms with Crippen molar-refractivity contribution in [3.63, 3.8) is 0 Å². The Morgan fingerprint density at radius 2 is 2.07 bits per heavy atom. The van der Waals surface area contributed by atoms with Crippen LogP contribution in [0.2, 0.25) is 0 Å². The molecular formula is C20H29N3O3S2. The lowest BCUT2D eigenvalue weighted by atomic mass is 9.97. The highest BCUT2D eigenvalue weighted by molar-refractivity contribution is 8.00. The fourth-order valence-corrected chi connectivity index (χ4v) is 5.61. The van der Waals surface area contributed by atoms with Gasteiger partial charge in [0.2, 0.25) is 5.91 Å². The molecule has 1 aliphatic rings. The third-order valence-electron chi connectivity index (χ3n) is 4.89. The van der Waals surface area contributed by atoms with Crippen molar-refractivity contribution in [2.45, 2.75) is 63.4 Å². The number of aromatic nitrogens is 2. The van der Waals surface area contributed by atoms with Gasteiger partial charge in [-0.2, -0.15) is 0 Å². The van der Waals surface area contributed by atoms with Gasteiger partial charge in [0.25, 0.3) is 5.56 Å². The van der Waals surface area contributed by atoms with E-state index in [1.807, 2.05) is 6.92 Å². The lowest BCUT2D eigenvalue weighted by molar-refractivity contribution is -0.120. The SMILES string of the molecule is COCCn1c(SC(C)C(=O)NCC(C)C)nc2sc3c(c2c1=O)CCCC3. The van der Waals surface area contributed by atoms with E-state index in [0.29, 0.717) is 30.8 Å². The number of rotatable bonds is 8. The molecule has 1 unspecified atom stereocenters. The molecule has 0 bridgehead atoms. The number of ether oxygens (including phenoxy) is 1. The molecule has 8 heteroatoms. The minimum absolute atomic E-state index is 0.00117. The maximum absolute atomic E-state index is 13.3. The molecule has 2 heterocycles. The van der Waals surface area contributed by atoms with Crippen molar-refractivity contribution in [2.75, 3.05) is 20.3 Å². The van der Waals surface area contributed by atoms with Crippen LogP contribution in [-0.4, -0.2) is 41.0 Å². The normalized spacial score (nSPS) is 15.0. The Kier molecular flexibility index (Phi) is 7.17. The van der Waals surface area contributed by atoms with Crippen LogP contribution in [0.15, 0.2) is 9.95 Å². The maximum Gasteiger partial charge on any atom is 0.263 e. The van der Waals surface area contributed by atoms with Crippen molar-refractivity contribution in [3.8, 4) is 0 Å².